The molecule has 56 heavy (non-hydrogen) atoms. The predicted molar refractivity (Wildman–Crippen MR) is 238 cm³/mol. The third-order valence-electron chi connectivity index (χ3n) is 12.6. The average Bonchev–Trinajstić information content (AvgIpc) is 3.71. The molecule has 10 aromatic carbocycles. The van der Waals surface area contributed by atoms with Crippen molar-refractivity contribution in [2.75, 3.05) is 0 Å². The predicted octanol–water partition coefficient (Wildman–Crippen LogP) is 15.5. The number of hydrogen-bond donors (Lipinski definition) is 0. The molecule has 1 heterocycles. The van der Waals surface area contributed by atoms with Gasteiger partial charge in [-0.15, -0.1) is 0 Å². The molecule has 262 valence electrons. The Morgan fingerprint density at radius 2 is 0.875 bits per heavy atom. The average molecular weight is 713 g/mol. The van der Waals surface area contributed by atoms with Gasteiger partial charge >= 0.3 is 0 Å². The van der Waals surface area contributed by atoms with Gasteiger partial charge in [0.2, 0.25) is 0 Å². The summed E-state index contributed by atoms with van der Waals surface area (Å²) in [5, 5.41) is 12.4. The second-order valence-corrected chi connectivity index (χ2v) is 16.0. The molecule has 1 aliphatic carbocycles. The topological polar surface area (TPSA) is 13.1 Å². The van der Waals surface area contributed by atoms with E-state index < -0.39 is 0 Å². The first-order valence-corrected chi connectivity index (χ1v) is 19.6. The third-order valence-corrected chi connectivity index (χ3v) is 12.6. The molecule has 0 amide bonds. The lowest BCUT2D eigenvalue weighted by Crippen LogP contribution is -2.14. The van der Waals surface area contributed by atoms with Gasteiger partial charge in [0.1, 0.15) is 11.2 Å². The van der Waals surface area contributed by atoms with Gasteiger partial charge in [0.15, 0.2) is 0 Å². The maximum absolute atomic E-state index is 6.30. The molecule has 12 rings (SSSR count). The van der Waals surface area contributed by atoms with Crippen molar-refractivity contribution in [2.24, 2.45) is 0 Å². The molecular weight excluding hydrogens is 677 g/mol. The summed E-state index contributed by atoms with van der Waals surface area (Å²) in [6.07, 6.45) is 0. The van der Waals surface area contributed by atoms with Crippen molar-refractivity contribution in [3.63, 3.8) is 0 Å². The molecule has 0 aliphatic heterocycles. The van der Waals surface area contributed by atoms with Crippen LogP contribution < -0.4 is 0 Å². The zero-order valence-electron chi connectivity index (χ0n) is 31.2. The molecule has 1 nitrogen and oxygen atoms in total. The van der Waals surface area contributed by atoms with Gasteiger partial charge in [-0.25, -0.2) is 0 Å². The van der Waals surface area contributed by atoms with E-state index in [1.807, 2.05) is 6.07 Å². The molecular formula is C55H36O. The maximum Gasteiger partial charge on any atom is 0.136 e. The lowest BCUT2D eigenvalue weighted by molar-refractivity contribution is 0.661. The zero-order chi connectivity index (χ0) is 37.1. The van der Waals surface area contributed by atoms with Crippen LogP contribution in [-0.2, 0) is 5.41 Å². The Morgan fingerprint density at radius 1 is 0.321 bits per heavy atom. The quantitative estimate of drug-likeness (QED) is 0.166. The number of rotatable bonds is 3. The summed E-state index contributed by atoms with van der Waals surface area (Å²) in [5.74, 6) is 0. The van der Waals surface area contributed by atoms with Gasteiger partial charge in [-0.05, 0) is 135 Å². The van der Waals surface area contributed by atoms with Crippen molar-refractivity contribution in [3.05, 3.63) is 193 Å². The van der Waals surface area contributed by atoms with Gasteiger partial charge in [0.25, 0.3) is 0 Å². The van der Waals surface area contributed by atoms with Crippen LogP contribution in [0.1, 0.15) is 25.0 Å². The number of furan rings is 1. The Balaban J connectivity index is 1.06. The van der Waals surface area contributed by atoms with Crippen molar-refractivity contribution in [1.82, 2.24) is 0 Å². The zero-order valence-corrected chi connectivity index (χ0v) is 31.2. The molecule has 0 atom stereocenters. The van der Waals surface area contributed by atoms with E-state index in [0.717, 1.165) is 16.6 Å². The van der Waals surface area contributed by atoms with Crippen LogP contribution in [0, 0.1) is 0 Å². The van der Waals surface area contributed by atoms with Crippen molar-refractivity contribution in [3.8, 4) is 44.5 Å². The molecule has 0 saturated heterocycles. The van der Waals surface area contributed by atoms with Crippen molar-refractivity contribution in [2.45, 2.75) is 19.3 Å². The largest absolute Gasteiger partial charge is 0.456 e. The number of para-hydroxylation sites is 1. The summed E-state index contributed by atoms with van der Waals surface area (Å²) in [5.41, 5.74) is 14.7. The molecule has 1 aromatic heterocycles. The van der Waals surface area contributed by atoms with Crippen LogP contribution in [0.15, 0.2) is 186 Å². The summed E-state index contributed by atoms with van der Waals surface area (Å²) >= 11 is 0. The number of hydrogen-bond acceptors (Lipinski definition) is 1. The Bertz CT molecular complexity index is 3380. The number of benzene rings is 10. The van der Waals surface area contributed by atoms with Gasteiger partial charge in [-0.3, -0.25) is 0 Å². The van der Waals surface area contributed by atoms with Gasteiger partial charge in [-0.2, -0.15) is 0 Å². The third kappa shape index (κ3) is 4.37. The molecule has 11 aromatic rings. The van der Waals surface area contributed by atoms with Crippen molar-refractivity contribution in [1.29, 1.82) is 0 Å². The van der Waals surface area contributed by atoms with Gasteiger partial charge < -0.3 is 4.42 Å². The van der Waals surface area contributed by atoms with E-state index in [1.165, 1.54) is 104 Å². The van der Waals surface area contributed by atoms with Crippen molar-refractivity contribution >= 4 is 65.0 Å². The van der Waals surface area contributed by atoms with Crippen LogP contribution in [0.4, 0.5) is 0 Å². The fraction of sp³-hybridized carbons (Fsp3) is 0.0545. The SMILES string of the molecule is CC1(C)c2ccc(-c3ccc(-c4c5ccccc5c(-c5ccccc5)c5ccccc45)c4ccccc34)cc2-c2cc3cc4c(cc3cc21)oc1ccccc14. The Labute approximate surface area is 325 Å². The van der Waals surface area contributed by atoms with Gasteiger partial charge in [-0.1, -0.05) is 159 Å². The fourth-order valence-electron chi connectivity index (χ4n) is 9.99. The minimum atomic E-state index is -0.125. The minimum Gasteiger partial charge on any atom is -0.456 e. The molecule has 0 spiro atoms. The van der Waals surface area contributed by atoms with E-state index in [1.54, 1.807) is 0 Å². The van der Waals surface area contributed by atoms with E-state index in [0.29, 0.717) is 0 Å². The molecule has 1 heteroatoms. The van der Waals surface area contributed by atoms with Crippen LogP contribution in [0.3, 0.4) is 0 Å². The lowest BCUT2D eigenvalue weighted by atomic mass is 9.81. The molecule has 0 unspecified atom stereocenters. The van der Waals surface area contributed by atoms with Gasteiger partial charge in [0, 0.05) is 16.2 Å². The summed E-state index contributed by atoms with van der Waals surface area (Å²) in [6, 6.07) is 67.3. The van der Waals surface area contributed by atoms with E-state index in [-0.39, 0.29) is 5.41 Å². The fourth-order valence-corrected chi connectivity index (χ4v) is 9.99. The van der Waals surface area contributed by atoms with Gasteiger partial charge in [0.05, 0.1) is 0 Å². The van der Waals surface area contributed by atoms with Crippen molar-refractivity contribution < 1.29 is 4.42 Å². The Kier molecular flexibility index (Phi) is 6.46. The minimum absolute atomic E-state index is 0.125. The first kappa shape index (κ1) is 31.4. The molecule has 1 aliphatic rings. The summed E-state index contributed by atoms with van der Waals surface area (Å²) in [6.45, 7) is 4.73. The smallest absolute Gasteiger partial charge is 0.136 e. The molecule has 0 radical (unpaired) electrons. The van der Waals surface area contributed by atoms with E-state index in [4.69, 9.17) is 4.42 Å². The highest BCUT2D eigenvalue weighted by atomic mass is 16.3. The van der Waals surface area contributed by atoms with Crippen LogP contribution in [0.2, 0.25) is 0 Å². The Morgan fingerprint density at radius 3 is 1.59 bits per heavy atom. The maximum atomic E-state index is 6.30. The number of fused-ring (bicyclic) bond motifs is 10. The first-order chi connectivity index (χ1) is 27.5. The second kappa shape index (κ2) is 11.5. The highest BCUT2D eigenvalue weighted by molar-refractivity contribution is 6.24. The normalized spacial score (nSPS) is 13.3. The van der Waals surface area contributed by atoms with E-state index >= 15 is 0 Å². The molecule has 0 saturated carbocycles. The monoisotopic (exact) mass is 712 g/mol. The first-order valence-electron chi connectivity index (χ1n) is 19.6. The van der Waals surface area contributed by atoms with Crippen LogP contribution in [0.25, 0.3) is 110 Å². The van der Waals surface area contributed by atoms with E-state index in [2.05, 4.69) is 190 Å². The second-order valence-electron chi connectivity index (χ2n) is 16.0. The molecule has 0 fully saturated rings. The summed E-state index contributed by atoms with van der Waals surface area (Å²) < 4.78 is 6.30. The highest BCUT2D eigenvalue weighted by Gasteiger charge is 2.36. The summed E-state index contributed by atoms with van der Waals surface area (Å²) in [7, 11) is 0. The Hall–Kier alpha value is -6.96. The van der Waals surface area contributed by atoms with Crippen LogP contribution in [0.5, 0.6) is 0 Å². The standard InChI is InChI=1S/C55H36O/c1-55(2)49-27-24-34(28-46(49)47-29-35-30-48-40-18-12-13-23-51(40)56-52(48)32-36(35)31-50(47)55)37-25-26-45(39-17-7-6-16-38(37)39)54-43-21-10-8-19-41(43)53(33-14-4-3-5-15-33)42-20-9-11-22-44(42)54/h3-32H,1-2H3. The van der Waals surface area contributed by atoms with E-state index in [9.17, 15) is 0 Å². The summed E-state index contributed by atoms with van der Waals surface area (Å²) in [4.78, 5) is 0. The van der Waals surface area contributed by atoms with Crippen LogP contribution >= 0.6 is 0 Å². The molecule has 0 N–H and O–H groups in total. The molecule has 0 bridgehead atoms. The van der Waals surface area contributed by atoms with Crippen LogP contribution in [-0.4, -0.2) is 0 Å². The highest BCUT2D eigenvalue weighted by Crippen LogP contribution is 2.52. The lowest BCUT2D eigenvalue weighted by Gasteiger charge is -2.22.